The first-order valence-electron chi connectivity index (χ1n) is 9.58. The normalized spacial score (nSPS) is 16.5. The van der Waals surface area contributed by atoms with Crippen molar-refractivity contribution in [1.29, 1.82) is 0 Å². The van der Waals surface area contributed by atoms with Gasteiger partial charge in [0.1, 0.15) is 5.41 Å². The molecule has 1 saturated heterocycles. The number of amides is 2. The molecular formula is C20H19ClF3N5OS. The fraction of sp³-hybridized carbons (Fsp3) is 0.400. The molecule has 0 radical (unpaired) electrons. The number of alkyl halides is 3. The zero-order valence-electron chi connectivity index (χ0n) is 16.8. The van der Waals surface area contributed by atoms with Crippen molar-refractivity contribution in [2.45, 2.75) is 38.3 Å². The lowest BCUT2D eigenvalue weighted by Crippen LogP contribution is -2.53. The first kappa shape index (κ1) is 21.8. The van der Waals surface area contributed by atoms with E-state index >= 15 is 0 Å². The average molecular weight is 470 g/mol. The third-order valence-electron chi connectivity index (χ3n) is 5.77. The number of hydrogen-bond donors (Lipinski definition) is 1. The van der Waals surface area contributed by atoms with Gasteiger partial charge in [-0.15, -0.1) is 0 Å². The topological polar surface area (TPSA) is 71.0 Å². The molecule has 0 atom stereocenters. The van der Waals surface area contributed by atoms with Crippen molar-refractivity contribution >= 4 is 44.3 Å². The van der Waals surface area contributed by atoms with E-state index in [1.807, 2.05) is 26.0 Å². The number of likely N-dealkylation sites (tertiary alicyclic amines) is 1. The smallest absolute Gasteiger partial charge is 0.324 e. The van der Waals surface area contributed by atoms with Gasteiger partial charge in [0.05, 0.1) is 15.9 Å². The Bertz CT molecular complexity index is 1100. The molecule has 0 spiro atoms. The maximum absolute atomic E-state index is 14.1. The Labute approximate surface area is 185 Å². The molecule has 1 fully saturated rings. The second kappa shape index (κ2) is 7.90. The Hall–Kier alpha value is -2.46. The number of piperidine rings is 1. The van der Waals surface area contributed by atoms with Gasteiger partial charge in [0.25, 0.3) is 0 Å². The summed E-state index contributed by atoms with van der Waals surface area (Å²) in [6.07, 6.45) is -2.82. The van der Waals surface area contributed by atoms with E-state index in [9.17, 15) is 18.0 Å². The highest BCUT2D eigenvalue weighted by molar-refractivity contribution is 7.22. The number of hydrogen-bond acceptors (Lipinski definition) is 5. The Balaban J connectivity index is 1.51. The number of benzene rings is 1. The lowest BCUT2D eigenvalue weighted by atomic mass is 9.75. The highest BCUT2D eigenvalue weighted by Gasteiger charge is 2.59. The van der Waals surface area contributed by atoms with Crippen LogP contribution in [0, 0.1) is 13.8 Å². The Morgan fingerprint density at radius 1 is 1.16 bits per heavy atom. The van der Waals surface area contributed by atoms with Gasteiger partial charge in [-0.25, -0.2) is 14.8 Å². The number of nitrogens with one attached hydrogen (secondary N) is 1. The van der Waals surface area contributed by atoms with Crippen LogP contribution in [0.5, 0.6) is 0 Å². The highest BCUT2D eigenvalue weighted by atomic mass is 35.5. The summed E-state index contributed by atoms with van der Waals surface area (Å²) in [7, 11) is 0. The van der Waals surface area contributed by atoms with Crippen LogP contribution in [-0.4, -0.2) is 45.1 Å². The summed E-state index contributed by atoms with van der Waals surface area (Å²) in [5.41, 5.74) is 0.464. The summed E-state index contributed by atoms with van der Waals surface area (Å²) in [6.45, 7) is 3.79. The first-order chi connectivity index (χ1) is 14.6. The molecule has 31 heavy (non-hydrogen) atoms. The Kier molecular flexibility index (Phi) is 5.55. The number of thiazole rings is 1. The minimum absolute atomic E-state index is 0.0959. The molecule has 0 unspecified atom stereocenters. The van der Waals surface area contributed by atoms with Crippen molar-refractivity contribution in [2.75, 3.05) is 18.4 Å². The van der Waals surface area contributed by atoms with Gasteiger partial charge in [0.15, 0.2) is 10.3 Å². The third-order valence-corrected chi connectivity index (χ3v) is 6.98. The maximum Gasteiger partial charge on any atom is 0.400 e. The largest absolute Gasteiger partial charge is 0.400 e. The number of halogens is 4. The summed E-state index contributed by atoms with van der Waals surface area (Å²) < 4.78 is 43.1. The summed E-state index contributed by atoms with van der Waals surface area (Å²) in [5.74, 6) is 0. The number of aryl methyl sites for hydroxylation is 2. The number of urea groups is 1. The fourth-order valence-corrected chi connectivity index (χ4v) is 5.01. The van der Waals surface area contributed by atoms with E-state index in [0.717, 1.165) is 21.3 Å². The van der Waals surface area contributed by atoms with Crippen LogP contribution in [0.1, 0.15) is 29.7 Å². The number of nitrogens with zero attached hydrogens (tertiary/aromatic N) is 4. The minimum Gasteiger partial charge on any atom is -0.324 e. The predicted octanol–water partition coefficient (Wildman–Crippen LogP) is 5.48. The molecule has 11 heteroatoms. The van der Waals surface area contributed by atoms with Crippen molar-refractivity contribution in [2.24, 2.45) is 0 Å². The van der Waals surface area contributed by atoms with Gasteiger partial charge in [-0.05, 0) is 49.9 Å². The Morgan fingerprint density at radius 3 is 2.45 bits per heavy atom. The molecule has 0 aliphatic carbocycles. The molecule has 3 aromatic rings. The molecule has 1 aromatic carbocycles. The van der Waals surface area contributed by atoms with E-state index in [2.05, 4.69) is 20.3 Å². The van der Waals surface area contributed by atoms with Gasteiger partial charge in [0, 0.05) is 25.5 Å². The van der Waals surface area contributed by atoms with E-state index in [4.69, 9.17) is 11.6 Å². The first-order valence-corrected chi connectivity index (χ1v) is 10.8. The van der Waals surface area contributed by atoms with Crippen molar-refractivity contribution in [1.82, 2.24) is 19.9 Å². The van der Waals surface area contributed by atoms with Crippen molar-refractivity contribution in [3.05, 3.63) is 46.5 Å². The summed E-state index contributed by atoms with van der Waals surface area (Å²) in [6, 6.07) is 3.47. The molecule has 1 aliphatic heterocycles. The van der Waals surface area contributed by atoms with Gasteiger partial charge in [0.2, 0.25) is 0 Å². The monoisotopic (exact) mass is 469 g/mol. The molecular weight excluding hydrogens is 451 g/mol. The van der Waals surface area contributed by atoms with Gasteiger partial charge >= 0.3 is 12.2 Å². The molecule has 1 N–H and O–H groups in total. The second-order valence-corrected chi connectivity index (χ2v) is 9.00. The van der Waals surface area contributed by atoms with Crippen LogP contribution in [0.2, 0.25) is 5.15 Å². The van der Waals surface area contributed by atoms with Gasteiger partial charge in [-0.1, -0.05) is 22.9 Å². The number of anilines is 1. The minimum atomic E-state index is -4.57. The van der Waals surface area contributed by atoms with Crippen molar-refractivity contribution in [3.63, 3.8) is 0 Å². The third kappa shape index (κ3) is 3.94. The number of aromatic nitrogens is 3. The maximum atomic E-state index is 14.1. The van der Waals surface area contributed by atoms with Crippen LogP contribution in [0.4, 0.5) is 23.1 Å². The summed E-state index contributed by atoms with van der Waals surface area (Å²) >= 11 is 7.28. The fourth-order valence-electron chi connectivity index (χ4n) is 3.79. The molecule has 6 nitrogen and oxygen atoms in total. The Morgan fingerprint density at radius 2 is 1.81 bits per heavy atom. The van der Waals surface area contributed by atoms with E-state index in [-0.39, 0.29) is 36.8 Å². The predicted molar refractivity (Wildman–Crippen MR) is 114 cm³/mol. The van der Waals surface area contributed by atoms with Crippen molar-refractivity contribution in [3.8, 4) is 0 Å². The van der Waals surface area contributed by atoms with Crippen LogP contribution >= 0.6 is 22.9 Å². The summed E-state index contributed by atoms with van der Waals surface area (Å²) in [4.78, 5) is 26.1. The number of carbonyl (C=O) groups excluding carboxylic acids is 1. The molecule has 1 aliphatic rings. The molecule has 0 saturated carbocycles. The standard InChI is InChI=1S/C20H19ClF3N5OS/c1-11-9-13-14(10-12(11)2)31-17(27-13)28-18(30)29-7-3-19(4-8-29,20(22,23)24)15-16(21)26-6-5-25-15/h5-6,9-10H,3-4,7-8H2,1-2H3,(H,27,28,30). The number of fused-ring (bicyclic) bond motifs is 1. The molecule has 2 aromatic heterocycles. The zero-order chi connectivity index (χ0) is 22.4. The van der Waals surface area contributed by atoms with E-state index in [1.165, 1.54) is 28.6 Å². The quantitative estimate of drug-likeness (QED) is 0.539. The molecule has 164 valence electrons. The van der Waals surface area contributed by atoms with E-state index < -0.39 is 17.6 Å². The SMILES string of the molecule is Cc1cc2nc(NC(=O)N3CCC(c4nccnc4Cl)(C(F)(F)F)CC3)sc2cc1C. The lowest BCUT2D eigenvalue weighted by molar-refractivity contribution is -0.202. The van der Waals surface area contributed by atoms with Gasteiger partial charge in [-0.2, -0.15) is 13.2 Å². The van der Waals surface area contributed by atoms with Crippen LogP contribution in [0.25, 0.3) is 10.2 Å². The summed E-state index contributed by atoms with van der Waals surface area (Å²) in [5, 5.41) is 2.86. The van der Waals surface area contributed by atoms with E-state index in [1.54, 1.807) is 0 Å². The average Bonchev–Trinajstić information content (AvgIpc) is 3.08. The number of rotatable bonds is 2. The van der Waals surface area contributed by atoms with Crippen LogP contribution in [-0.2, 0) is 5.41 Å². The van der Waals surface area contributed by atoms with Crippen LogP contribution in [0.3, 0.4) is 0 Å². The molecule has 3 heterocycles. The van der Waals surface area contributed by atoms with Gasteiger partial charge < -0.3 is 4.90 Å². The molecule has 0 bridgehead atoms. The van der Waals surface area contributed by atoms with Crippen LogP contribution < -0.4 is 5.32 Å². The van der Waals surface area contributed by atoms with Crippen molar-refractivity contribution < 1.29 is 18.0 Å². The van der Waals surface area contributed by atoms with E-state index in [0.29, 0.717) is 5.13 Å². The molecule has 2 amide bonds. The molecule has 4 rings (SSSR count). The van der Waals surface area contributed by atoms with Gasteiger partial charge in [-0.3, -0.25) is 10.3 Å². The van der Waals surface area contributed by atoms with Crippen LogP contribution in [0.15, 0.2) is 24.5 Å². The number of carbonyl (C=O) groups is 1. The highest BCUT2D eigenvalue weighted by Crippen LogP contribution is 2.49. The second-order valence-electron chi connectivity index (χ2n) is 7.62. The zero-order valence-corrected chi connectivity index (χ0v) is 18.3. The lowest BCUT2D eigenvalue weighted by Gasteiger charge is -2.42.